The second kappa shape index (κ2) is 7.71. The molecule has 0 bridgehead atoms. The molecular weight excluding hydrogens is 407 g/mol. The molecule has 0 aliphatic rings. The quantitative estimate of drug-likeness (QED) is 0.394. The zero-order chi connectivity index (χ0) is 21.3. The van der Waals surface area contributed by atoms with Crippen LogP contribution in [0.25, 0.3) is 22.1 Å². The van der Waals surface area contributed by atoms with E-state index in [1.165, 1.54) is 24.3 Å². The van der Waals surface area contributed by atoms with Crippen molar-refractivity contribution in [3.8, 4) is 34.8 Å². The van der Waals surface area contributed by atoms with E-state index in [0.717, 1.165) is 6.07 Å². The van der Waals surface area contributed by atoms with Gasteiger partial charge in [-0.2, -0.15) is 10.5 Å². The summed E-state index contributed by atoms with van der Waals surface area (Å²) in [6.45, 7) is 0. The van der Waals surface area contributed by atoms with Gasteiger partial charge >= 0.3 is 5.63 Å². The van der Waals surface area contributed by atoms with Gasteiger partial charge in [-0.05, 0) is 48.5 Å². The molecule has 0 aliphatic heterocycles. The number of halogens is 2. The van der Waals surface area contributed by atoms with Gasteiger partial charge in [-0.1, -0.05) is 17.7 Å². The molecule has 0 unspecified atom stereocenters. The summed E-state index contributed by atoms with van der Waals surface area (Å²) in [4.78, 5) is 12.5. The molecule has 4 rings (SSSR count). The van der Waals surface area contributed by atoms with Crippen LogP contribution in [0.3, 0.4) is 0 Å². The Bertz CT molecular complexity index is 1450. The summed E-state index contributed by atoms with van der Waals surface area (Å²) in [5.41, 5.74) is 0.494. The van der Waals surface area contributed by atoms with Crippen LogP contribution >= 0.6 is 11.6 Å². The minimum absolute atomic E-state index is 0.100. The highest BCUT2D eigenvalue weighted by Gasteiger charge is 2.14. The minimum Gasteiger partial charge on any atom is -0.456 e. The second-order valence-corrected chi connectivity index (χ2v) is 6.68. The molecule has 0 N–H and O–H groups in total. The van der Waals surface area contributed by atoms with Gasteiger partial charge in [-0.25, -0.2) is 9.18 Å². The van der Waals surface area contributed by atoms with E-state index in [1.807, 2.05) is 12.1 Å². The molecule has 0 amide bonds. The summed E-state index contributed by atoms with van der Waals surface area (Å²) in [6, 6.07) is 18.8. The van der Waals surface area contributed by atoms with Crippen LogP contribution in [0, 0.1) is 28.5 Å². The Morgan fingerprint density at radius 2 is 1.80 bits per heavy atom. The third kappa shape index (κ3) is 3.48. The normalized spacial score (nSPS) is 10.4. The van der Waals surface area contributed by atoms with E-state index >= 15 is 0 Å². The van der Waals surface area contributed by atoms with E-state index in [0.29, 0.717) is 16.7 Å². The first-order valence-corrected chi connectivity index (χ1v) is 9.02. The fourth-order valence-electron chi connectivity index (χ4n) is 3.00. The number of fused-ring (bicyclic) bond motifs is 1. The number of nitriles is 2. The standard InChI is InChI=1S/C23H10ClFN2O3/c24-20-9-15(25)5-7-17(20)18-8-13-4-6-16(10-22(13)30-23(18)28)29-21-3-1-2-14(11-26)19(21)12-27/h1-10H. The van der Waals surface area contributed by atoms with Crippen molar-refractivity contribution >= 4 is 22.6 Å². The summed E-state index contributed by atoms with van der Waals surface area (Å²) in [5, 5.41) is 19.2. The Hall–Kier alpha value is -4.13. The van der Waals surface area contributed by atoms with Gasteiger partial charge in [-0.3, -0.25) is 0 Å². The summed E-state index contributed by atoms with van der Waals surface area (Å²) in [7, 11) is 0. The molecule has 5 nitrogen and oxygen atoms in total. The Balaban J connectivity index is 1.76. The van der Waals surface area contributed by atoms with Gasteiger partial charge in [0.2, 0.25) is 0 Å². The molecule has 0 aliphatic carbocycles. The zero-order valence-electron chi connectivity index (χ0n) is 15.1. The molecule has 4 aromatic rings. The lowest BCUT2D eigenvalue weighted by molar-refractivity contribution is 0.479. The maximum absolute atomic E-state index is 13.3. The summed E-state index contributed by atoms with van der Waals surface area (Å²) < 4.78 is 24.5. The van der Waals surface area contributed by atoms with Gasteiger partial charge in [0.25, 0.3) is 0 Å². The lowest BCUT2D eigenvalue weighted by atomic mass is 10.1. The van der Waals surface area contributed by atoms with E-state index in [1.54, 1.807) is 30.3 Å². The van der Waals surface area contributed by atoms with Gasteiger partial charge in [0.05, 0.1) is 16.1 Å². The molecule has 3 aromatic carbocycles. The summed E-state index contributed by atoms with van der Waals surface area (Å²) in [5.74, 6) is 0.0330. The maximum atomic E-state index is 13.3. The topological polar surface area (TPSA) is 87.0 Å². The van der Waals surface area contributed by atoms with E-state index in [2.05, 4.69) is 0 Å². The van der Waals surface area contributed by atoms with Crippen LogP contribution in [-0.2, 0) is 0 Å². The molecule has 144 valence electrons. The molecule has 1 heterocycles. The average molecular weight is 417 g/mol. The van der Waals surface area contributed by atoms with Crippen molar-refractivity contribution in [1.29, 1.82) is 10.5 Å². The number of hydrogen-bond donors (Lipinski definition) is 0. The van der Waals surface area contributed by atoms with E-state index in [-0.39, 0.29) is 33.0 Å². The molecule has 1 aromatic heterocycles. The van der Waals surface area contributed by atoms with Crippen molar-refractivity contribution in [2.45, 2.75) is 0 Å². The Kier molecular flexibility index (Phi) is 4.93. The Morgan fingerprint density at radius 3 is 2.53 bits per heavy atom. The first kappa shape index (κ1) is 19.2. The fourth-order valence-corrected chi connectivity index (χ4v) is 3.27. The van der Waals surface area contributed by atoms with E-state index in [4.69, 9.17) is 26.0 Å². The van der Waals surface area contributed by atoms with E-state index < -0.39 is 11.4 Å². The van der Waals surface area contributed by atoms with Crippen molar-refractivity contribution < 1.29 is 13.5 Å². The molecule has 0 spiro atoms. The molecule has 7 heteroatoms. The average Bonchev–Trinajstić information content (AvgIpc) is 2.73. The van der Waals surface area contributed by atoms with Crippen molar-refractivity contribution in [3.63, 3.8) is 0 Å². The highest BCUT2D eigenvalue weighted by molar-refractivity contribution is 6.33. The smallest absolute Gasteiger partial charge is 0.344 e. The molecule has 0 atom stereocenters. The zero-order valence-corrected chi connectivity index (χ0v) is 15.9. The Labute approximate surface area is 174 Å². The number of hydrogen-bond acceptors (Lipinski definition) is 5. The lowest BCUT2D eigenvalue weighted by Crippen LogP contribution is -2.03. The lowest BCUT2D eigenvalue weighted by Gasteiger charge is -2.09. The fraction of sp³-hybridized carbons (Fsp3) is 0. The number of benzene rings is 3. The predicted octanol–water partition coefficient (Wildman–Crippen LogP) is 5.79. The largest absolute Gasteiger partial charge is 0.456 e. The van der Waals surface area contributed by atoms with Crippen molar-refractivity contribution in [2.75, 3.05) is 0 Å². The highest BCUT2D eigenvalue weighted by Crippen LogP contribution is 2.32. The minimum atomic E-state index is -0.641. The summed E-state index contributed by atoms with van der Waals surface area (Å²) >= 11 is 6.07. The van der Waals surface area contributed by atoms with Crippen LogP contribution in [0.1, 0.15) is 11.1 Å². The van der Waals surface area contributed by atoms with E-state index in [9.17, 15) is 14.4 Å². The van der Waals surface area contributed by atoms with Crippen LogP contribution in [0.5, 0.6) is 11.5 Å². The van der Waals surface area contributed by atoms with Crippen LogP contribution in [0.2, 0.25) is 5.02 Å². The van der Waals surface area contributed by atoms with Crippen molar-refractivity contribution in [2.24, 2.45) is 0 Å². The predicted molar refractivity (Wildman–Crippen MR) is 109 cm³/mol. The van der Waals surface area contributed by atoms with Crippen molar-refractivity contribution in [3.05, 3.63) is 93.1 Å². The molecule has 0 fully saturated rings. The first-order chi connectivity index (χ1) is 14.5. The second-order valence-electron chi connectivity index (χ2n) is 6.28. The van der Waals surface area contributed by atoms with Gasteiger partial charge in [0.1, 0.15) is 40.6 Å². The maximum Gasteiger partial charge on any atom is 0.344 e. The highest BCUT2D eigenvalue weighted by atomic mass is 35.5. The summed E-state index contributed by atoms with van der Waals surface area (Å²) in [6.07, 6.45) is 0. The van der Waals surface area contributed by atoms with Crippen LogP contribution in [0.4, 0.5) is 4.39 Å². The Morgan fingerprint density at radius 1 is 0.967 bits per heavy atom. The van der Waals surface area contributed by atoms with Crippen LogP contribution in [-0.4, -0.2) is 0 Å². The van der Waals surface area contributed by atoms with Crippen LogP contribution in [0.15, 0.2) is 69.9 Å². The monoisotopic (exact) mass is 416 g/mol. The molecule has 30 heavy (non-hydrogen) atoms. The van der Waals surface area contributed by atoms with Gasteiger partial charge in [0, 0.05) is 17.0 Å². The number of nitrogens with zero attached hydrogens (tertiary/aromatic N) is 2. The third-order valence-corrected chi connectivity index (χ3v) is 4.73. The van der Waals surface area contributed by atoms with Gasteiger partial charge < -0.3 is 9.15 Å². The number of ether oxygens (including phenoxy) is 1. The molecule has 0 saturated heterocycles. The van der Waals surface area contributed by atoms with Gasteiger partial charge in [-0.15, -0.1) is 0 Å². The molecular formula is C23H10ClFN2O3. The SMILES string of the molecule is N#Cc1cccc(Oc2ccc3cc(-c4ccc(F)cc4Cl)c(=O)oc3c2)c1C#N. The molecule has 0 radical (unpaired) electrons. The third-order valence-electron chi connectivity index (χ3n) is 4.42. The van der Waals surface area contributed by atoms with Crippen LogP contribution < -0.4 is 10.4 Å². The van der Waals surface area contributed by atoms with Crippen molar-refractivity contribution in [1.82, 2.24) is 0 Å². The molecule has 0 saturated carbocycles. The number of rotatable bonds is 3. The first-order valence-electron chi connectivity index (χ1n) is 8.64. The van der Waals surface area contributed by atoms with Gasteiger partial charge in [0.15, 0.2) is 0 Å².